The van der Waals surface area contributed by atoms with Gasteiger partial charge in [-0.05, 0) is 39.3 Å². The zero-order valence-corrected chi connectivity index (χ0v) is 12.0. The Bertz CT molecular complexity index is 265. The minimum Gasteiger partial charge on any atom is -0.466 e. The van der Waals surface area contributed by atoms with Crippen LogP contribution in [0.15, 0.2) is 0 Å². The van der Waals surface area contributed by atoms with E-state index >= 15 is 0 Å². The Morgan fingerprint density at radius 2 is 2.06 bits per heavy atom. The fourth-order valence-corrected chi connectivity index (χ4v) is 3.24. The summed E-state index contributed by atoms with van der Waals surface area (Å²) in [4.78, 5) is 14.1. The molecule has 0 amide bonds. The molecule has 3 unspecified atom stereocenters. The van der Waals surface area contributed by atoms with Crippen molar-refractivity contribution in [2.75, 3.05) is 20.7 Å². The predicted molar refractivity (Wildman–Crippen MR) is 69.8 cm³/mol. The van der Waals surface area contributed by atoms with E-state index in [4.69, 9.17) is 4.74 Å². The highest BCUT2D eigenvalue weighted by Crippen LogP contribution is 2.43. The van der Waals surface area contributed by atoms with Crippen LogP contribution >= 0.6 is 0 Å². The molecule has 0 aromatic heterocycles. The fraction of sp³-hybridized carbons (Fsp3) is 0.929. The van der Waals surface area contributed by atoms with Crippen LogP contribution in [0.25, 0.3) is 0 Å². The maximum atomic E-state index is 11.8. The quantitative estimate of drug-likeness (QED) is 0.709. The Morgan fingerprint density at radius 3 is 2.59 bits per heavy atom. The third-order valence-corrected chi connectivity index (χ3v) is 4.62. The zero-order chi connectivity index (χ0) is 13.1. The van der Waals surface area contributed by atoms with Gasteiger partial charge in [0, 0.05) is 5.54 Å². The van der Waals surface area contributed by atoms with Gasteiger partial charge in [0.2, 0.25) is 0 Å². The van der Waals surface area contributed by atoms with Crippen LogP contribution in [0.3, 0.4) is 0 Å². The fourth-order valence-electron chi connectivity index (χ4n) is 3.24. The Morgan fingerprint density at radius 1 is 1.41 bits per heavy atom. The standard InChI is InChI=1S/C14H27NO2/c1-6-17-13(16)10-14(15(4)5)9-7-8-11(2)12(14)3/h11-12H,6-10H2,1-5H3. The van der Waals surface area contributed by atoms with Gasteiger partial charge in [-0.1, -0.05) is 26.7 Å². The summed E-state index contributed by atoms with van der Waals surface area (Å²) in [6.45, 7) is 6.93. The summed E-state index contributed by atoms with van der Waals surface area (Å²) >= 11 is 0. The summed E-state index contributed by atoms with van der Waals surface area (Å²) in [5, 5.41) is 0. The van der Waals surface area contributed by atoms with Crippen molar-refractivity contribution in [1.29, 1.82) is 0 Å². The van der Waals surface area contributed by atoms with Gasteiger partial charge < -0.3 is 9.64 Å². The molecule has 1 saturated carbocycles. The summed E-state index contributed by atoms with van der Waals surface area (Å²) in [5.74, 6) is 1.17. The average Bonchev–Trinajstić information content (AvgIpc) is 2.25. The molecular weight excluding hydrogens is 214 g/mol. The normalized spacial score (nSPS) is 33.8. The van der Waals surface area contributed by atoms with Gasteiger partial charge in [0.25, 0.3) is 0 Å². The Hall–Kier alpha value is -0.570. The molecule has 0 N–H and O–H groups in total. The molecule has 100 valence electrons. The van der Waals surface area contributed by atoms with Gasteiger partial charge in [0.15, 0.2) is 0 Å². The molecule has 1 aliphatic rings. The van der Waals surface area contributed by atoms with Crippen LogP contribution in [0.5, 0.6) is 0 Å². The number of nitrogens with zero attached hydrogens (tertiary/aromatic N) is 1. The van der Waals surface area contributed by atoms with E-state index in [9.17, 15) is 4.79 Å². The van der Waals surface area contributed by atoms with E-state index in [2.05, 4.69) is 32.8 Å². The van der Waals surface area contributed by atoms with E-state index in [1.54, 1.807) is 0 Å². The van der Waals surface area contributed by atoms with Crippen molar-refractivity contribution in [1.82, 2.24) is 4.90 Å². The highest BCUT2D eigenvalue weighted by molar-refractivity contribution is 5.71. The molecule has 0 aromatic carbocycles. The molecule has 3 heteroatoms. The molecule has 3 atom stereocenters. The monoisotopic (exact) mass is 241 g/mol. The second-order valence-corrected chi connectivity index (χ2v) is 5.64. The third-order valence-electron chi connectivity index (χ3n) is 4.62. The van der Waals surface area contributed by atoms with Crippen LogP contribution in [-0.2, 0) is 9.53 Å². The molecule has 0 spiro atoms. The first kappa shape index (κ1) is 14.5. The number of esters is 1. The molecule has 3 nitrogen and oxygen atoms in total. The molecular formula is C14H27NO2. The maximum Gasteiger partial charge on any atom is 0.307 e. The SMILES string of the molecule is CCOC(=O)CC1(N(C)C)CCCC(C)C1C. The number of ether oxygens (including phenoxy) is 1. The molecule has 17 heavy (non-hydrogen) atoms. The molecule has 1 rings (SSSR count). The summed E-state index contributed by atoms with van der Waals surface area (Å²) in [6.07, 6.45) is 4.12. The van der Waals surface area contributed by atoms with E-state index < -0.39 is 0 Å². The van der Waals surface area contributed by atoms with Gasteiger partial charge in [-0.25, -0.2) is 0 Å². The average molecular weight is 241 g/mol. The first-order valence-corrected chi connectivity index (χ1v) is 6.77. The van der Waals surface area contributed by atoms with Crippen LogP contribution in [-0.4, -0.2) is 37.1 Å². The lowest BCUT2D eigenvalue weighted by atomic mass is 9.66. The lowest BCUT2D eigenvalue weighted by molar-refractivity contribution is -0.148. The van der Waals surface area contributed by atoms with Crippen molar-refractivity contribution in [3.8, 4) is 0 Å². The topological polar surface area (TPSA) is 29.5 Å². The van der Waals surface area contributed by atoms with Crippen LogP contribution in [0.2, 0.25) is 0 Å². The number of rotatable bonds is 4. The van der Waals surface area contributed by atoms with Crippen LogP contribution < -0.4 is 0 Å². The number of hydrogen-bond donors (Lipinski definition) is 0. The highest BCUT2D eigenvalue weighted by Gasteiger charge is 2.44. The number of carbonyl (C=O) groups is 1. The smallest absolute Gasteiger partial charge is 0.307 e. The molecule has 0 saturated heterocycles. The maximum absolute atomic E-state index is 11.8. The molecule has 1 aliphatic carbocycles. The van der Waals surface area contributed by atoms with Crippen molar-refractivity contribution in [2.45, 2.75) is 52.0 Å². The van der Waals surface area contributed by atoms with E-state index in [-0.39, 0.29) is 11.5 Å². The van der Waals surface area contributed by atoms with E-state index in [1.807, 2.05) is 6.92 Å². The Labute approximate surface area is 106 Å². The van der Waals surface area contributed by atoms with E-state index in [0.717, 1.165) is 6.42 Å². The number of hydrogen-bond acceptors (Lipinski definition) is 3. The van der Waals surface area contributed by atoms with Gasteiger partial charge in [0.05, 0.1) is 13.0 Å². The summed E-state index contributed by atoms with van der Waals surface area (Å²) in [7, 11) is 4.18. The minimum absolute atomic E-state index is 0.0100. The molecule has 0 bridgehead atoms. The third kappa shape index (κ3) is 3.01. The van der Waals surface area contributed by atoms with Gasteiger partial charge >= 0.3 is 5.97 Å². The Balaban J connectivity index is 2.84. The molecule has 0 heterocycles. The second-order valence-electron chi connectivity index (χ2n) is 5.64. The minimum atomic E-state index is -0.0536. The van der Waals surface area contributed by atoms with E-state index in [0.29, 0.717) is 24.9 Å². The molecule has 0 radical (unpaired) electrons. The second kappa shape index (κ2) is 5.85. The molecule has 0 aromatic rings. The Kier molecular flexibility index (Phi) is 4.99. The first-order chi connectivity index (χ1) is 7.94. The summed E-state index contributed by atoms with van der Waals surface area (Å²) in [6, 6.07) is 0. The summed E-state index contributed by atoms with van der Waals surface area (Å²) < 4.78 is 5.14. The van der Waals surface area contributed by atoms with Crippen molar-refractivity contribution >= 4 is 5.97 Å². The van der Waals surface area contributed by atoms with Crippen LogP contribution in [0.1, 0.15) is 46.5 Å². The van der Waals surface area contributed by atoms with Gasteiger partial charge in [0.1, 0.15) is 0 Å². The first-order valence-electron chi connectivity index (χ1n) is 6.77. The highest BCUT2D eigenvalue weighted by atomic mass is 16.5. The van der Waals surface area contributed by atoms with Gasteiger partial charge in [-0.15, -0.1) is 0 Å². The van der Waals surface area contributed by atoms with Crippen LogP contribution in [0, 0.1) is 11.8 Å². The molecule has 0 aliphatic heterocycles. The van der Waals surface area contributed by atoms with Gasteiger partial charge in [-0.3, -0.25) is 4.79 Å². The largest absolute Gasteiger partial charge is 0.466 e. The van der Waals surface area contributed by atoms with Crippen molar-refractivity contribution in [3.05, 3.63) is 0 Å². The van der Waals surface area contributed by atoms with Gasteiger partial charge in [-0.2, -0.15) is 0 Å². The lowest BCUT2D eigenvalue weighted by Crippen LogP contribution is -2.54. The van der Waals surface area contributed by atoms with E-state index in [1.165, 1.54) is 12.8 Å². The predicted octanol–water partition coefficient (Wildman–Crippen LogP) is 2.70. The lowest BCUT2D eigenvalue weighted by Gasteiger charge is -2.49. The zero-order valence-electron chi connectivity index (χ0n) is 12.0. The molecule has 1 fully saturated rings. The number of carbonyl (C=O) groups excluding carboxylic acids is 1. The summed E-state index contributed by atoms with van der Waals surface area (Å²) in [5.41, 5.74) is -0.0100. The van der Waals surface area contributed by atoms with Crippen LogP contribution in [0.4, 0.5) is 0 Å². The van der Waals surface area contributed by atoms with Crippen molar-refractivity contribution in [2.24, 2.45) is 11.8 Å². The van der Waals surface area contributed by atoms with Crippen molar-refractivity contribution < 1.29 is 9.53 Å². The van der Waals surface area contributed by atoms with Crippen molar-refractivity contribution in [3.63, 3.8) is 0 Å².